The number of nitrogens with one attached hydrogen (secondary N) is 1. The van der Waals surface area contributed by atoms with Gasteiger partial charge in [0.05, 0.1) is 10.6 Å². The average Bonchev–Trinajstić information content (AvgIpc) is 2.58. The molecule has 5 heteroatoms. The maximum absolute atomic E-state index is 12.3. The Morgan fingerprint density at radius 2 is 1.65 bits per heavy atom. The van der Waals surface area contributed by atoms with Crippen molar-refractivity contribution in [2.24, 2.45) is 0 Å². The van der Waals surface area contributed by atoms with Crippen LogP contribution < -0.4 is 10.2 Å². The fraction of sp³-hybridized carbons (Fsp3) is 0.333. The van der Waals surface area contributed by atoms with Crippen molar-refractivity contribution >= 4 is 29.1 Å². The summed E-state index contributed by atoms with van der Waals surface area (Å²) in [5, 5.41) is 3.24. The molecule has 0 fully saturated rings. The highest BCUT2D eigenvalue weighted by Gasteiger charge is 2.22. The Bertz CT molecular complexity index is 797. The van der Waals surface area contributed by atoms with Gasteiger partial charge in [0.15, 0.2) is 0 Å². The van der Waals surface area contributed by atoms with Gasteiger partial charge in [0.1, 0.15) is 0 Å². The summed E-state index contributed by atoms with van der Waals surface area (Å²) < 4.78 is 0. The van der Waals surface area contributed by atoms with Crippen LogP contribution >= 0.6 is 11.6 Å². The van der Waals surface area contributed by atoms with Crippen LogP contribution in [-0.4, -0.2) is 24.9 Å². The van der Waals surface area contributed by atoms with Gasteiger partial charge >= 0.3 is 0 Å². The SMILES string of the molecule is CC(=O)N(CCNC(=O)c1ccccc1Cl)c1ccccc1C(C)(C)C. The molecule has 0 heterocycles. The van der Waals surface area contributed by atoms with Crippen LogP contribution in [0, 0.1) is 0 Å². The second-order valence-electron chi connectivity index (χ2n) is 7.17. The van der Waals surface area contributed by atoms with Gasteiger partial charge in [-0.05, 0) is 29.2 Å². The predicted molar refractivity (Wildman–Crippen MR) is 107 cm³/mol. The number of amides is 2. The highest BCUT2D eigenvalue weighted by molar-refractivity contribution is 6.33. The molecule has 2 amide bonds. The van der Waals surface area contributed by atoms with Crippen molar-refractivity contribution in [1.29, 1.82) is 0 Å². The van der Waals surface area contributed by atoms with E-state index in [1.54, 1.807) is 29.2 Å². The number of carbonyl (C=O) groups is 2. The van der Waals surface area contributed by atoms with E-state index in [-0.39, 0.29) is 17.2 Å². The minimum Gasteiger partial charge on any atom is -0.350 e. The van der Waals surface area contributed by atoms with Crippen LogP contribution in [0.2, 0.25) is 5.02 Å². The zero-order chi connectivity index (χ0) is 19.3. The molecule has 0 saturated carbocycles. The minimum absolute atomic E-state index is 0.0614. The number of anilines is 1. The molecule has 0 saturated heterocycles. The van der Waals surface area contributed by atoms with Crippen LogP contribution in [0.4, 0.5) is 5.69 Å². The molecular weight excluding hydrogens is 348 g/mol. The number of para-hydroxylation sites is 1. The molecule has 4 nitrogen and oxygen atoms in total. The lowest BCUT2D eigenvalue weighted by Crippen LogP contribution is -2.38. The molecule has 0 unspecified atom stereocenters. The molecule has 138 valence electrons. The smallest absolute Gasteiger partial charge is 0.252 e. The Labute approximate surface area is 160 Å². The summed E-state index contributed by atoms with van der Waals surface area (Å²) >= 11 is 6.05. The molecule has 26 heavy (non-hydrogen) atoms. The summed E-state index contributed by atoms with van der Waals surface area (Å²) in [6.07, 6.45) is 0. The first-order chi connectivity index (χ1) is 12.2. The quantitative estimate of drug-likeness (QED) is 0.844. The molecule has 0 atom stereocenters. The third-order valence-corrected chi connectivity index (χ3v) is 4.45. The highest BCUT2D eigenvalue weighted by Crippen LogP contribution is 2.31. The Kier molecular flexibility index (Phi) is 6.43. The third kappa shape index (κ3) is 4.85. The highest BCUT2D eigenvalue weighted by atomic mass is 35.5. The third-order valence-electron chi connectivity index (χ3n) is 4.12. The van der Waals surface area contributed by atoms with E-state index >= 15 is 0 Å². The molecule has 0 spiro atoms. The molecule has 2 rings (SSSR count). The van der Waals surface area contributed by atoms with Gasteiger partial charge in [-0.1, -0.05) is 62.7 Å². The van der Waals surface area contributed by atoms with Gasteiger partial charge in [0.25, 0.3) is 5.91 Å². The number of halogens is 1. The van der Waals surface area contributed by atoms with E-state index in [9.17, 15) is 9.59 Å². The fourth-order valence-corrected chi connectivity index (χ4v) is 3.03. The maximum atomic E-state index is 12.3. The number of carbonyl (C=O) groups excluding carboxylic acids is 2. The number of nitrogens with zero attached hydrogens (tertiary/aromatic N) is 1. The lowest BCUT2D eigenvalue weighted by Gasteiger charge is -2.29. The van der Waals surface area contributed by atoms with Crippen LogP contribution in [0.15, 0.2) is 48.5 Å². The molecule has 0 bridgehead atoms. The summed E-state index contributed by atoms with van der Waals surface area (Å²) in [5.74, 6) is -0.308. The molecule has 1 N–H and O–H groups in total. The van der Waals surface area contributed by atoms with Crippen molar-refractivity contribution in [2.75, 3.05) is 18.0 Å². The number of hydrogen-bond donors (Lipinski definition) is 1. The van der Waals surface area contributed by atoms with E-state index in [0.29, 0.717) is 23.7 Å². The van der Waals surface area contributed by atoms with E-state index in [0.717, 1.165) is 11.3 Å². The Hall–Kier alpha value is -2.33. The largest absolute Gasteiger partial charge is 0.350 e. The van der Waals surface area contributed by atoms with Crippen LogP contribution in [0.25, 0.3) is 0 Å². The van der Waals surface area contributed by atoms with E-state index in [1.807, 2.05) is 24.3 Å². The molecular formula is C21H25ClN2O2. The second-order valence-corrected chi connectivity index (χ2v) is 7.58. The molecule has 0 aliphatic heterocycles. The lowest BCUT2D eigenvalue weighted by molar-refractivity contribution is -0.116. The van der Waals surface area contributed by atoms with Gasteiger partial charge < -0.3 is 10.2 Å². The summed E-state index contributed by atoms with van der Waals surface area (Å²) in [6, 6.07) is 14.8. The van der Waals surface area contributed by atoms with E-state index in [1.165, 1.54) is 6.92 Å². The zero-order valence-corrected chi connectivity index (χ0v) is 16.4. The van der Waals surface area contributed by atoms with Crippen molar-refractivity contribution in [3.05, 3.63) is 64.7 Å². The lowest BCUT2D eigenvalue weighted by atomic mass is 9.85. The second kappa shape index (κ2) is 8.37. The van der Waals surface area contributed by atoms with Gasteiger partial charge in [-0.25, -0.2) is 0 Å². The minimum atomic E-state index is -0.247. The van der Waals surface area contributed by atoms with Gasteiger partial charge in [-0.2, -0.15) is 0 Å². The topological polar surface area (TPSA) is 49.4 Å². The van der Waals surface area contributed by atoms with Gasteiger partial charge in [-0.3, -0.25) is 9.59 Å². The van der Waals surface area contributed by atoms with Gasteiger partial charge in [0.2, 0.25) is 5.91 Å². The van der Waals surface area contributed by atoms with Gasteiger partial charge in [0, 0.05) is 25.7 Å². The van der Waals surface area contributed by atoms with E-state index in [2.05, 4.69) is 26.1 Å². The standard InChI is InChI=1S/C21H25ClN2O2/c1-15(25)24(19-12-8-6-10-17(19)21(2,3)4)14-13-23-20(26)16-9-5-7-11-18(16)22/h5-12H,13-14H2,1-4H3,(H,23,26). The van der Waals surface area contributed by atoms with Gasteiger partial charge in [-0.15, -0.1) is 0 Å². The fourth-order valence-electron chi connectivity index (χ4n) is 2.81. The Balaban J connectivity index is 2.12. The van der Waals surface area contributed by atoms with Crippen molar-refractivity contribution < 1.29 is 9.59 Å². The van der Waals surface area contributed by atoms with Crippen LogP contribution in [0.5, 0.6) is 0 Å². The number of rotatable bonds is 5. The summed E-state index contributed by atoms with van der Waals surface area (Å²) in [5.41, 5.74) is 2.30. The molecule has 2 aromatic rings. The Morgan fingerprint density at radius 1 is 1.04 bits per heavy atom. The monoisotopic (exact) mass is 372 g/mol. The summed E-state index contributed by atoms with van der Waals surface area (Å²) in [6.45, 7) is 8.60. The zero-order valence-electron chi connectivity index (χ0n) is 15.7. The molecule has 2 aromatic carbocycles. The summed E-state index contributed by atoms with van der Waals surface area (Å²) in [4.78, 5) is 26.2. The first-order valence-electron chi connectivity index (χ1n) is 8.62. The molecule has 0 aliphatic rings. The average molecular weight is 373 g/mol. The van der Waals surface area contributed by atoms with Crippen molar-refractivity contribution in [3.8, 4) is 0 Å². The molecule has 0 aliphatic carbocycles. The first kappa shape index (κ1) is 20.0. The van der Waals surface area contributed by atoms with Crippen LogP contribution in [-0.2, 0) is 10.2 Å². The van der Waals surface area contributed by atoms with Crippen molar-refractivity contribution in [3.63, 3.8) is 0 Å². The number of benzene rings is 2. The van der Waals surface area contributed by atoms with E-state index < -0.39 is 0 Å². The maximum Gasteiger partial charge on any atom is 0.252 e. The van der Waals surface area contributed by atoms with Crippen molar-refractivity contribution in [1.82, 2.24) is 5.32 Å². The summed E-state index contributed by atoms with van der Waals surface area (Å²) in [7, 11) is 0. The normalized spacial score (nSPS) is 11.1. The van der Waals surface area contributed by atoms with Crippen LogP contribution in [0.1, 0.15) is 43.6 Å². The molecule has 0 aromatic heterocycles. The first-order valence-corrected chi connectivity index (χ1v) is 9.00. The van der Waals surface area contributed by atoms with E-state index in [4.69, 9.17) is 11.6 Å². The number of hydrogen-bond acceptors (Lipinski definition) is 2. The Morgan fingerprint density at radius 3 is 2.27 bits per heavy atom. The van der Waals surface area contributed by atoms with Crippen molar-refractivity contribution in [2.45, 2.75) is 33.1 Å². The predicted octanol–water partition coefficient (Wildman–Crippen LogP) is 4.42. The van der Waals surface area contributed by atoms with Crippen LogP contribution in [0.3, 0.4) is 0 Å². The molecule has 0 radical (unpaired) electrons.